The standard InChI is InChI=1S/C15H26N2O2S2/c1-12-11-20-13(10-16-4)14(12)21(18,19)17-8-5-6-15(2,3)7-9-17/h11,16H,5-10H2,1-4H3. The molecule has 1 aromatic rings. The molecule has 1 aliphatic rings. The maximum absolute atomic E-state index is 13.0. The number of hydrogen-bond acceptors (Lipinski definition) is 4. The fourth-order valence-electron chi connectivity index (χ4n) is 2.88. The van der Waals surface area contributed by atoms with E-state index < -0.39 is 10.0 Å². The number of nitrogens with zero attached hydrogens (tertiary/aromatic N) is 1. The molecule has 0 bridgehead atoms. The van der Waals surface area contributed by atoms with Gasteiger partial charge in [-0.2, -0.15) is 4.31 Å². The van der Waals surface area contributed by atoms with Crippen molar-refractivity contribution >= 4 is 21.4 Å². The Morgan fingerprint density at radius 1 is 1.33 bits per heavy atom. The summed E-state index contributed by atoms with van der Waals surface area (Å²) >= 11 is 1.53. The number of rotatable bonds is 4. The van der Waals surface area contributed by atoms with Crippen molar-refractivity contribution in [2.45, 2.75) is 51.5 Å². The lowest BCUT2D eigenvalue weighted by molar-refractivity contribution is 0.314. The van der Waals surface area contributed by atoms with Crippen molar-refractivity contribution in [1.82, 2.24) is 9.62 Å². The van der Waals surface area contributed by atoms with Gasteiger partial charge in [-0.25, -0.2) is 8.42 Å². The van der Waals surface area contributed by atoms with Crippen LogP contribution < -0.4 is 5.32 Å². The second-order valence-electron chi connectivity index (χ2n) is 6.62. The van der Waals surface area contributed by atoms with E-state index >= 15 is 0 Å². The third-order valence-electron chi connectivity index (χ3n) is 4.22. The molecule has 2 rings (SSSR count). The second-order valence-corrected chi connectivity index (χ2v) is 9.46. The quantitative estimate of drug-likeness (QED) is 0.923. The summed E-state index contributed by atoms with van der Waals surface area (Å²) in [6.07, 6.45) is 2.96. The van der Waals surface area contributed by atoms with Gasteiger partial charge in [-0.3, -0.25) is 0 Å². The summed E-state index contributed by atoms with van der Waals surface area (Å²) in [4.78, 5) is 1.44. The lowest BCUT2D eigenvalue weighted by Gasteiger charge is -2.23. The zero-order valence-corrected chi connectivity index (χ0v) is 15.0. The molecule has 0 atom stereocenters. The molecule has 0 unspecified atom stereocenters. The van der Waals surface area contributed by atoms with Crippen LogP contribution in [-0.2, 0) is 16.6 Å². The number of thiophene rings is 1. The third kappa shape index (κ3) is 3.67. The summed E-state index contributed by atoms with van der Waals surface area (Å²) in [6.45, 7) is 8.22. The molecule has 4 nitrogen and oxygen atoms in total. The van der Waals surface area contributed by atoms with Crippen LogP contribution in [0.4, 0.5) is 0 Å². The zero-order valence-electron chi connectivity index (χ0n) is 13.4. The first-order valence-electron chi connectivity index (χ1n) is 7.50. The molecule has 0 radical (unpaired) electrons. The summed E-state index contributed by atoms with van der Waals surface area (Å²) in [5.74, 6) is 0. The molecule has 1 saturated heterocycles. The van der Waals surface area contributed by atoms with Gasteiger partial charge in [0.05, 0.1) is 0 Å². The molecule has 21 heavy (non-hydrogen) atoms. The van der Waals surface area contributed by atoms with Crippen LogP contribution in [0, 0.1) is 12.3 Å². The highest BCUT2D eigenvalue weighted by Crippen LogP contribution is 2.34. The first-order valence-corrected chi connectivity index (χ1v) is 9.81. The van der Waals surface area contributed by atoms with Crippen LogP contribution >= 0.6 is 11.3 Å². The van der Waals surface area contributed by atoms with Crippen LogP contribution in [0.15, 0.2) is 10.3 Å². The van der Waals surface area contributed by atoms with Crippen molar-refractivity contribution in [3.63, 3.8) is 0 Å². The molecular formula is C15H26N2O2S2. The van der Waals surface area contributed by atoms with E-state index in [1.807, 2.05) is 19.4 Å². The summed E-state index contributed by atoms with van der Waals surface area (Å²) in [7, 11) is -1.52. The fourth-order valence-corrected chi connectivity index (χ4v) is 6.14. The first kappa shape index (κ1) is 16.9. The van der Waals surface area contributed by atoms with Crippen molar-refractivity contribution in [3.8, 4) is 0 Å². The van der Waals surface area contributed by atoms with Crippen LogP contribution in [-0.4, -0.2) is 32.9 Å². The largest absolute Gasteiger partial charge is 0.315 e. The van der Waals surface area contributed by atoms with Gasteiger partial charge < -0.3 is 5.32 Å². The Morgan fingerprint density at radius 3 is 2.71 bits per heavy atom. The fraction of sp³-hybridized carbons (Fsp3) is 0.733. The van der Waals surface area contributed by atoms with Crippen LogP contribution in [0.25, 0.3) is 0 Å². The Kier molecular flexibility index (Phi) is 5.13. The van der Waals surface area contributed by atoms with Gasteiger partial charge in [0.1, 0.15) is 4.90 Å². The molecule has 0 spiro atoms. The SMILES string of the molecule is CNCc1scc(C)c1S(=O)(=O)N1CCCC(C)(C)CC1. The Balaban J connectivity index is 2.32. The van der Waals surface area contributed by atoms with Gasteiger partial charge in [-0.15, -0.1) is 11.3 Å². The summed E-state index contributed by atoms with van der Waals surface area (Å²) in [5, 5.41) is 5.01. The van der Waals surface area contributed by atoms with E-state index in [4.69, 9.17) is 0 Å². The van der Waals surface area contributed by atoms with E-state index in [1.165, 1.54) is 11.3 Å². The summed E-state index contributed by atoms with van der Waals surface area (Å²) in [6, 6.07) is 0. The molecule has 0 amide bonds. The van der Waals surface area contributed by atoms with Crippen molar-refractivity contribution in [2.24, 2.45) is 5.41 Å². The smallest absolute Gasteiger partial charge is 0.244 e. The average molecular weight is 331 g/mol. The maximum Gasteiger partial charge on any atom is 0.244 e. The molecule has 120 valence electrons. The van der Waals surface area contributed by atoms with Gasteiger partial charge >= 0.3 is 0 Å². The lowest BCUT2D eigenvalue weighted by Crippen LogP contribution is -2.33. The highest BCUT2D eigenvalue weighted by Gasteiger charge is 2.33. The van der Waals surface area contributed by atoms with E-state index in [0.29, 0.717) is 24.5 Å². The van der Waals surface area contributed by atoms with E-state index in [2.05, 4.69) is 19.2 Å². The molecule has 1 aromatic heterocycles. The minimum atomic E-state index is -3.37. The minimum absolute atomic E-state index is 0.238. The highest BCUT2D eigenvalue weighted by molar-refractivity contribution is 7.89. The molecule has 0 saturated carbocycles. The van der Waals surface area contributed by atoms with E-state index in [0.717, 1.165) is 29.7 Å². The Hall–Kier alpha value is -0.430. The van der Waals surface area contributed by atoms with E-state index in [9.17, 15) is 8.42 Å². The van der Waals surface area contributed by atoms with Crippen LogP contribution in [0.1, 0.15) is 43.6 Å². The Labute approximate surface area is 132 Å². The molecule has 2 heterocycles. The van der Waals surface area contributed by atoms with Crippen molar-refractivity contribution < 1.29 is 8.42 Å². The topological polar surface area (TPSA) is 49.4 Å². The van der Waals surface area contributed by atoms with Crippen molar-refractivity contribution in [2.75, 3.05) is 20.1 Å². The second kappa shape index (κ2) is 6.36. The average Bonchev–Trinajstić information content (AvgIpc) is 2.64. The molecule has 0 aromatic carbocycles. The lowest BCUT2D eigenvalue weighted by atomic mass is 9.85. The van der Waals surface area contributed by atoms with Gasteiger partial charge in [0.15, 0.2) is 0 Å². The minimum Gasteiger partial charge on any atom is -0.315 e. The highest BCUT2D eigenvalue weighted by atomic mass is 32.2. The number of hydrogen-bond donors (Lipinski definition) is 1. The normalized spacial score (nSPS) is 20.4. The molecule has 1 aliphatic heterocycles. The number of sulfonamides is 1. The van der Waals surface area contributed by atoms with E-state index in [-0.39, 0.29) is 5.41 Å². The van der Waals surface area contributed by atoms with Crippen molar-refractivity contribution in [3.05, 3.63) is 15.8 Å². The zero-order chi connectivity index (χ0) is 15.7. The predicted octanol–water partition coefficient (Wildman–Crippen LogP) is 2.98. The molecule has 1 N–H and O–H groups in total. The first-order chi connectivity index (χ1) is 9.78. The molecule has 0 aliphatic carbocycles. The van der Waals surface area contributed by atoms with Gasteiger partial charge in [-0.05, 0) is 49.6 Å². The van der Waals surface area contributed by atoms with Crippen LogP contribution in [0.2, 0.25) is 0 Å². The maximum atomic E-state index is 13.0. The Morgan fingerprint density at radius 2 is 2.05 bits per heavy atom. The van der Waals surface area contributed by atoms with Crippen LogP contribution in [0.3, 0.4) is 0 Å². The molecular weight excluding hydrogens is 304 g/mol. The van der Waals surface area contributed by atoms with Gasteiger partial charge in [0.2, 0.25) is 10.0 Å². The number of aryl methyl sites for hydroxylation is 1. The molecule has 1 fully saturated rings. The summed E-state index contributed by atoms with van der Waals surface area (Å²) < 4.78 is 27.8. The van der Waals surface area contributed by atoms with Gasteiger partial charge in [0.25, 0.3) is 0 Å². The van der Waals surface area contributed by atoms with E-state index in [1.54, 1.807) is 4.31 Å². The number of nitrogens with one attached hydrogen (secondary N) is 1. The summed E-state index contributed by atoms with van der Waals surface area (Å²) in [5.41, 5.74) is 1.11. The van der Waals surface area contributed by atoms with Gasteiger partial charge in [0, 0.05) is 24.5 Å². The van der Waals surface area contributed by atoms with Gasteiger partial charge in [-0.1, -0.05) is 13.8 Å². The Bertz CT molecular complexity index is 591. The molecule has 6 heteroatoms. The predicted molar refractivity (Wildman–Crippen MR) is 88.2 cm³/mol. The monoisotopic (exact) mass is 330 g/mol. The van der Waals surface area contributed by atoms with Crippen LogP contribution in [0.5, 0.6) is 0 Å². The third-order valence-corrected chi connectivity index (χ3v) is 7.59. The van der Waals surface area contributed by atoms with Crippen molar-refractivity contribution in [1.29, 1.82) is 0 Å².